The quantitative estimate of drug-likeness (QED) is 0.622. The summed E-state index contributed by atoms with van der Waals surface area (Å²) in [6.07, 6.45) is 1.63. The molecule has 0 radical (unpaired) electrons. The van der Waals surface area contributed by atoms with Crippen LogP contribution in [0.5, 0.6) is 0 Å². The molecule has 6 heteroatoms. The lowest BCUT2D eigenvalue weighted by molar-refractivity contribution is -0.0462. The Labute approximate surface area is 130 Å². The fraction of sp³-hybridized carbons (Fsp3) is 0.600. The second-order valence-corrected chi connectivity index (χ2v) is 5.78. The molecular weight excluding hydrogens is 293 g/mol. The van der Waals surface area contributed by atoms with Crippen LogP contribution in [-0.2, 0) is 11.2 Å². The maximum atomic E-state index is 13.5. The Bertz CT molecular complexity index is 459. The zero-order chi connectivity index (χ0) is 15.2. The molecule has 1 fully saturated rings. The normalized spacial score (nSPS) is 21.4. The molecule has 1 aliphatic rings. The highest BCUT2D eigenvalue weighted by molar-refractivity contribution is 6.31. The summed E-state index contributed by atoms with van der Waals surface area (Å²) >= 11 is 6.02. The molecule has 1 aromatic carbocycles. The standard InChI is InChI=1S/C15H23ClFN3O/c1-2-6-20-7-8-21-14(10-20)13(19-18)9-11-4-3-5-12(17)15(11)16/h3-5,13-14,19H,2,6-10,18H2,1H3. The van der Waals surface area contributed by atoms with Crippen LogP contribution in [0.25, 0.3) is 0 Å². The van der Waals surface area contributed by atoms with Gasteiger partial charge in [0.15, 0.2) is 0 Å². The van der Waals surface area contributed by atoms with Crippen LogP contribution in [0, 0.1) is 5.82 Å². The van der Waals surface area contributed by atoms with Gasteiger partial charge in [-0.1, -0.05) is 30.7 Å². The van der Waals surface area contributed by atoms with E-state index >= 15 is 0 Å². The molecule has 1 heterocycles. The third kappa shape index (κ3) is 4.37. The lowest BCUT2D eigenvalue weighted by Gasteiger charge is -2.36. The van der Waals surface area contributed by atoms with Crippen molar-refractivity contribution in [2.45, 2.75) is 31.9 Å². The van der Waals surface area contributed by atoms with Crippen LogP contribution in [0.15, 0.2) is 18.2 Å². The number of morpholine rings is 1. The van der Waals surface area contributed by atoms with E-state index in [1.54, 1.807) is 6.07 Å². The SMILES string of the molecule is CCCN1CCOC(C(Cc2cccc(F)c2Cl)NN)C1. The van der Waals surface area contributed by atoms with E-state index in [1.807, 2.05) is 6.07 Å². The zero-order valence-electron chi connectivity index (χ0n) is 12.3. The molecule has 118 valence electrons. The van der Waals surface area contributed by atoms with E-state index in [1.165, 1.54) is 6.07 Å². The number of hydrogen-bond acceptors (Lipinski definition) is 4. The van der Waals surface area contributed by atoms with Crippen molar-refractivity contribution in [2.24, 2.45) is 5.84 Å². The highest BCUT2D eigenvalue weighted by Crippen LogP contribution is 2.22. The van der Waals surface area contributed by atoms with Crippen molar-refractivity contribution in [3.63, 3.8) is 0 Å². The van der Waals surface area contributed by atoms with Gasteiger partial charge >= 0.3 is 0 Å². The van der Waals surface area contributed by atoms with Crippen molar-refractivity contribution < 1.29 is 9.13 Å². The van der Waals surface area contributed by atoms with Gasteiger partial charge in [-0.05, 0) is 31.0 Å². The first-order chi connectivity index (χ1) is 10.2. The highest BCUT2D eigenvalue weighted by atomic mass is 35.5. The van der Waals surface area contributed by atoms with Crippen LogP contribution in [0.1, 0.15) is 18.9 Å². The molecule has 1 saturated heterocycles. The number of hydrazine groups is 1. The van der Waals surface area contributed by atoms with Gasteiger partial charge in [-0.2, -0.15) is 0 Å². The smallest absolute Gasteiger partial charge is 0.142 e. The maximum absolute atomic E-state index is 13.5. The van der Waals surface area contributed by atoms with Crippen molar-refractivity contribution in [1.82, 2.24) is 10.3 Å². The number of rotatable bonds is 6. The molecule has 4 nitrogen and oxygen atoms in total. The first-order valence-electron chi connectivity index (χ1n) is 7.38. The molecule has 21 heavy (non-hydrogen) atoms. The van der Waals surface area contributed by atoms with Gasteiger partial charge < -0.3 is 4.74 Å². The molecule has 0 saturated carbocycles. The molecule has 0 amide bonds. The molecular formula is C15H23ClFN3O. The molecule has 2 rings (SSSR count). The molecule has 1 aromatic rings. The number of nitrogens with zero attached hydrogens (tertiary/aromatic N) is 1. The summed E-state index contributed by atoms with van der Waals surface area (Å²) in [5, 5.41) is 0.166. The summed E-state index contributed by atoms with van der Waals surface area (Å²) in [7, 11) is 0. The zero-order valence-corrected chi connectivity index (χ0v) is 13.1. The van der Waals surface area contributed by atoms with Gasteiger partial charge in [-0.25, -0.2) is 4.39 Å². The summed E-state index contributed by atoms with van der Waals surface area (Å²) in [5.41, 5.74) is 3.54. The first-order valence-corrected chi connectivity index (χ1v) is 7.76. The van der Waals surface area contributed by atoms with E-state index in [-0.39, 0.29) is 17.2 Å². The molecule has 0 bridgehead atoms. The molecule has 2 atom stereocenters. The van der Waals surface area contributed by atoms with Crippen molar-refractivity contribution in [3.05, 3.63) is 34.6 Å². The van der Waals surface area contributed by atoms with Gasteiger partial charge in [0.1, 0.15) is 5.82 Å². The molecule has 2 unspecified atom stereocenters. The fourth-order valence-corrected chi connectivity index (χ4v) is 2.94. The Morgan fingerprint density at radius 3 is 3.10 bits per heavy atom. The lowest BCUT2D eigenvalue weighted by atomic mass is 10.00. The van der Waals surface area contributed by atoms with E-state index in [4.69, 9.17) is 22.2 Å². The molecule has 1 aliphatic heterocycles. The number of hydrogen-bond donors (Lipinski definition) is 2. The predicted octanol–water partition coefficient (Wildman–Crippen LogP) is 1.96. The minimum atomic E-state index is -0.401. The topological polar surface area (TPSA) is 50.5 Å². The molecule has 0 spiro atoms. The number of benzene rings is 1. The Balaban J connectivity index is 2.03. The maximum Gasteiger partial charge on any atom is 0.142 e. The van der Waals surface area contributed by atoms with Crippen LogP contribution in [-0.4, -0.2) is 43.3 Å². The largest absolute Gasteiger partial charge is 0.374 e. The summed E-state index contributed by atoms with van der Waals surface area (Å²) in [6, 6.07) is 4.75. The fourth-order valence-electron chi connectivity index (χ4n) is 2.74. The van der Waals surface area contributed by atoms with Gasteiger partial charge in [0.05, 0.1) is 23.8 Å². The van der Waals surface area contributed by atoms with Crippen LogP contribution in [0.3, 0.4) is 0 Å². The highest BCUT2D eigenvalue weighted by Gasteiger charge is 2.28. The summed E-state index contributed by atoms with van der Waals surface area (Å²) in [4.78, 5) is 2.37. The second-order valence-electron chi connectivity index (χ2n) is 5.40. The van der Waals surface area contributed by atoms with Crippen molar-refractivity contribution in [1.29, 1.82) is 0 Å². The van der Waals surface area contributed by atoms with E-state index < -0.39 is 5.82 Å². The average Bonchev–Trinajstić information content (AvgIpc) is 2.49. The minimum Gasteiger partial charge on any atom is -0.374 e. The van der Waals surface area contributed by atoms with Gasteiger partial charge in [-0.15, -0.1) is 0 Å². The van der Waals surface area contributed by atoms with E-state index in [0.717, 1.165) is 31.6 Å². The van der Waals surface area contributed by atoms with Gasteiger partial charge in [0.25, 0.3) is 0 Å². The van der Waals surface area contributed by atoms with E-state index in [2.05, 4.69) is 17.2 Å². The Kier molecular flexibility index (Phi) is 6.39. The van der Waals surface area contributed by atoms with Gasteiger partial charge in [0, 0.05) is 13.1 Å². The summed E-state index contributed by atoms with van der Waals surface area (Å²) < 4.78 is 19.3. The van der Waals surface area contributed by atoms with Crippen molar-refractivity contribution >= 4 is 11.6 Å². The molecule has 3 N–H and O–H groups in total. The number of ether oxygens (including phenoxy) is 1. The number of nitrogens with one attached hydrogen (secondary N) is 1. The first kappa shape index (κ1) is 16.6. The van der Waals surface area contributed by atoms with Crippen molar-refractivity contribution in [3.8, 4) is 0 Å². The Morgan fingerprint density at radius 1 is 1.57 bits per heavy atom. The lowest BCUT2D eigenvalue weighted by Crippen LogP contribution is -2.54. The Morgan fingerprint density at radius 2 is 2.38 bits per heavy atom. The van der Waals surface area contributed by atoms with Crippen LogP contribution in [0.2, 0.25) is 5.02 Å². The predicted molar refractivity (Wildman–Crippen MR) is 82.7 cm³/mol. The molecule has 0 aromatic heterocycles. The average molecular weight is 316 g/mol. The number of nitrogens with two attached hydrogens (primary N) is 1. The summed E-state index contributed by atoms with van der Waals surface area (Å²) in [6.45, 7) is 5.69. The molecule has 0 aliphatic carbocycles. The van der Waals surface area contributed by atoms with E-state index in [9.17, 15) is 4.39 Å². The van der Waals surface area contributed by atoms with Crippen molar-refractivity contribution in [2.75, 3.05) is 26.2 Å². The monoisotopic (exact) mass is 315 g/mol. The van der Waals surface area contributed by atoms with Crippen LogP contribution >= 0.6 is 11.6 Å². The van der Waals surface area contributed by atoms with Crippen LogP contribution in [0.4, 0.5) is 4.39 Å². The minimum absolute atomic E-state index is 0.0189. The van der Waals surface area contributed by atoms with Gasteiger partial charge in [0.2, 0.25) is 0 Å². The Hall–Kier alpha value is -0.720. The van der Waals surface area contributed by atoms with Crippen LogP contribution < -0.4 is 11.3 Å². The van der Waals surface area contributed by atoms with E-state index in [0.29, 0.717) is 13.0 Å². The summed E-state index contributed by atoms with van der Waals surface area (Å²) in [5.74, 6) is 5.27. The number of halogens is 2. The third-order valence-corrected chi connectivity index (χ3v) is 4.27. The van der Waals surface area contributed by atoms with Gasteiger partial charge in [-0.3, -0.25) is 16.2 Å². The third-order valence-electron chi connectivity index (χ3n) is 3.85. The second kappa shape index (κ2) is 8.06.